The van der Waals surface area contributed by atoms with Crippen molar-refractivity contribution in [1.82, 2.24) is 10.0 Å². The van der Waals surface area contributed by atoms with Crippen LogP contribution in [-0.4, -0.2) is 36.9 Å². The minimum Gasteiger partial charge on any atom is -0.387 e. The molecule has 9 nitrogen and oxygen atoms in total. The highest BCUT2D eigenvalue weighted by molar-refractivity contribution is 7.89. The number of non-ortho nitro benzene ring substituents is 1. The lowest BCUT2D eigenvalue weighted by Gasteiger charge is -2.22. The number of sulfonamides is 1. The van der Waals surface area contributed by atoms with Crippen LogP contribution >= 0.6 is 0 Å². The van der Waals surface area contributed by atoms with Crippen LogP contribution in [0, 0.1) is 16.0 Å². The van der Waals surface area contributed by atoms with Crippen LogP contribution in [-0.2, 0) is 14.8 Å². The van der Waals surface area contributed by atoms with E-state index < -0.39 is 33.0 Å². The third-order valence-electron chi connectivity index (χ3n) is 4.24. The molecule has 0 aliphatic heterocycles. The summed E-state index contributed by atoms with van der Waals surface area (Å²) in [5.74, 6) is -0.925. The van der Waals surface area contributed by atoms with Crippen molar-refractivity contribution < 1.29 is 23.2 Å². The number of aliphatic hydroxyl groups excluding tert-OH is 1. The lowest BCUT2D eigenvalue weighted by atomic mass is 10.0. The number of nitro benzene ring substituents is 1. The van der Waals surface area contributed by atoms with Gasteiger partial charge in [0.1, 0.15) is 6.04 Å². The summed E-state index contributed by atoms with van der Waals surface area (Å²) in [6.07, 6.45) is -1.10. The highest BCUT2D eigenvalue weighted by Gasteiger charge is 2.28. The number of aliphatic hydroxyl groups is 1. The van der Waals surface area contributed by atoms with Crippen molar-refractivity contribution in [3.05, 3.63) is 70.3 Å². The zero-order valence-corrected chi connectivity index (χ0v) is 16.8. The van der Waals surface area contributed by atoms with E-state index in [9.17, 15) is 28.4 Å². The van der Waals surface area contributed by atoms with E-state index in [1.165, 1.54) is 36.4 Å². The van der Waals surface area contributed by atoms with E-state index in [2.05, 4.69) is 10.0 Å². The predicted octanol–water partition coefficient (Wildman–Crippen LogP) is 1.75. The molecule has 2 aromatic rings. The van der Waals surface area contributed by atoms with Gasteiger partial charge in [-0.15, -0.1) is 0 Å². The van der Waals surface area contributed by atoms with Gasteiger partial charge in [-0.05, 0) is 35.7 Å². The summed E-state index contributed by atoms with van der Waals surface area (Å²) in [6, 6.07) is 12.0. The second-order valence-electron chi connectivity index (χ2n) is 6.77. The SMILES string of the molecule is CC(C)[C@H](NS(=O)(=O)c1ccccc1)C(=O)NC[C@@H](O)c1ccc([N+](=O)[O-])cc1. The number of hydrogen-bond acceptors (Lipinski definition) is 6. The Balaban J connectivity index is 2.03. The Hall–Kier alpha value is -2.82. The third-order valence-corrected chi connectivity index (χ3v) is 5.70. The molecule has 2 rings (SSSR count). The zero-order chi connectivity index (χ0) is 21.6. The van der Waals surface area contributed by atoms with Crippen LogP contribution in [0.4, 0.5) is 5.69 Å². The van der Waals surface area contributed by atoms with E-state index in [4.69, 9.17) is 0 Å². The summed E-state index contributed by atoms with van der Waals surface area (Å²) >= 11 is 0. The molecule has 0 aliphatic carbocycles. The Morgan fingerprint density at radius 1 is 1.10 bits per heavy atom. The zero-order valence-electron chi connectivity index (χ0n) is 16.0. The average molecular weight is 421 g/mol. The Morgan fingerprint density at radius 3 is 2.21 bits per heavy atom. The van der Waals surface area contributed by atoms with Gasteiger partial charge < -0.3 is 10.4 Å². The van der Waals surface area contributed by atoms with Crippen molar-refractivity contribution in [2.24, 2.45) is 5.92 Å². The molecule has 0 bridgehead atoms. The lowest BCUT2D eigenvalue weighted by molar-refractivity contribution is -0.384. The maximum absolute atomic E-state index is 12.5. The van der Waals surface area contributed by atoms with Crippen molar-refractivity contribution in [2.45, 2.75) is 30.9 Å². The number of hydrogen-bond donors (Lipinski definition) is 3. The first-order chi connectivity index (χ1) is 13.6. The number of carbonyl (C=O) groups excluding carboxylic acids is 1. The molecule has 0 fully saturated rings. The van der Waals surface area contributed by atoms with Crippen LogP contribution in [0.2, 0.25) is 0 Å². The van der Waals surface area contributed by atoms with Crippen LogP contribution in [0.15, 0.2) is 59.5 Å². The van der Waals surface area contributed by atoms with Crippen molar-refractivity contribution in [2.75, 3.05) is 6.54 Å². The van der Waals surface area contributed by atoms with Gasteiger partial charge in [-0.1, -0.05) is 32.0 Å². The van der Waals surface area contributed by atoms with Gasteiger partial charge >= 0.3 is 0 Å². The van der Waals surface area contributed by atoms with Gasteiger partial charge in [-0.3, -0.25) is 14.9 Å². The number of nitro groups is 1. The molecule has 0 saturated heterocycles. The molecule has 156 valence electrons. The fraction of sp³-hybridized carbons (Fsp3) is 0.316. The molecule has 0 heterocycles. The quantitative estimate of drug-likeness (QED) is 0.416. The number of nitrogens with one attached hydrogen (secondary N) is 2. The Bertz CT molecular complexity index is 946. The van der Waals surface area contributed by atoms with Gasteiger partial charge in [0.25, 0.3) is 5.69 Å². The third kappa shape index (κ3) is 6.08. The fourth-order valence-electron chi connectivity index (χ4n) is 2.57. The molecule has 2 atom stereocenters. The Kier molecular flexibility index (Phi) is 7.43. The van der Waals surface area contributed by atoms with E-state index in [1.807, 2.05) is 0 Å². The van der Waals surface area contributed by atoms with Gasteiger partial charge in [0, 0.05) is 18.7 Å². The van der Waals surface area contributed by atoms with Crippen molar-refractivity contribution >= 4 is 21.6 Å². The first-order valence-corrected chi connectivity index (χ1v) is 10.4. The molecule has 10 heteroatoms. The fourth-order valence-corrected chi connectivity index (χ4v) is 3.94. The molecule has 0 spiro atoms. The first-order valence-electron chi connectivity index (χ1n) is 8.89. The average Bonchev–Trinajstić information content (AvgIpc) is 2.70. The summed E-state index contributed by atoms with van der Waals surface area (Å²) < 4.78 is 27.4. The number of benzene rings is 2. The largest absolute Gasteiger partial charge is 0.387 e. The summed E-state index contributed by atoms with van der Waals surface area (Å²) in [6.45, 7) is 3.22. The number of nitrogens with zero attached hydrogens (tertiary/aromatic N) is 1. The van der Waals surface area contributed by atoms with E-state index in [0.717, 1.165) is 0 Å². The van der Waals surface area contributed by atoms with Gasteiger partial charge in [-0.25, -0.2) is 8.42 Å². The van der Waals surface area contributed by atoms with E-state index >= 15 is 0 Å². The molecule has 0 saturated carbocycles. The first kappa shape index (κ1) is 22.5. The van der Waals surface area contributed by atoms with E-state index in [-0.39, 0.29) is 23.0 Å². The molecule has 0 radical (unpaired) electrons. The Morgan fingerprint density at radius 2 is 1.69 bits per heavy atom. The minimum absolute atomic E-state index is 0.0457. The topological polar surface area (TPSA) is 139 Å². The van der Waals surface area contributed by atoms with Gasteiger partial charge in [-0.2, -0.15) is 4.72 Å². The summed E-state index contributed by atoms with van der Waals surface area (Å²) in [7, 11) is -3.89. The molecular weight excluding hydrogens is 398 g/mol. The van der Waals surface area contributed by atoms with Crippen LogP contribution < -0.4 is 10.0 Å². The van der Waals surface area contributed by atoms with Gasteiger partial charge in [0.15, 0.2) is 0 Å². The maximum Gasteiger partial charge on any atom is 0.269 e. The van der Waals surface area contributed by atoms with Crippen molar-refractivity contribution in [1.29, 1.82) is 0 Å². The second-order valence-corrected chi connectivity index (χ2v) is 8.48. The molecule has 1 amide bonds. The molecule has 29 heavy (non-hydrogen) atoms. The van der Waals surface area contributed by atoms with Crippen LogP contribution in [0.1, 0.15) is 25.5 Å². The normalized spacial score (nSPS) is 13.7. The Labute approximate surface area is 169 Å². The van der Waals surface area contributed by atoms with E-state index in [0.29, 0.717) is 5.56 Å². The van der Waals surface area contributed by atoms with E-state index in [1.54, 1.807) is 32.0 Å². The number of rotatable bonds is 9. The van der Waals surface area contributed by atoms with Crippen LogP contribution in [0.5, 0.6) is 0 Å². The molecule has 0 aliphatic rings. The van der Waals surface area contributed by atoms with Crippen LogP contribution in [0.3, 0.4) is 0 Å². The second kappa shape index (κ2) is 9.59. The maximum atomic E-state index is 12.5. The van der Waals surface area contributed by atoms with Crippen molar-refractivity contribution in [3.63, 3.8) is 0 Å². The molecule has 0 unspecified atom stereocenters. The monoisotopic (exact) mass is 421 g/mol. The molecular formula is C19H23N3O6S. The summed E-state index contributed by atoms with van der Waals surface area (Å²) in [4.78, 5) is 22.7. The summed E-state index contributed by atoms with van der Waals surface area (Å²) in [5.41, 5.74) is 0.280. The van der Waals surface area contributed by atoms with Crippen LogP contribution in [0.25, 0.3) is 0 Å². The highest BCUT2D eigenvalue weighted by atomic mass is 32.2. The summed E-state index contributed by atoms with van der Waals surface area (Å²) in [5, 5.41) is 23.4. The highest BCUT2D eigenvalue weighted by Crippen LogP contribution is 2.17. The minimum atomic E-state index is -3.89. The number of carbonyl (C=O) groups is 1. The predicted molar refractivity (Wildman–Crippen MR) is 106 cm³/mol. The lowest BCUT2D eigenvalue weighted by Crippen LogP contribution is -2.50. The smallest absolute Gasteiger partial charge is 0.269 e. The molecule has 3 N–H and O–H groups in total. The molecule has 0 aromatic heterocycles. The van der Waals surface area contributed by atoms with Gasteiger partial charge in [0.05, 0.1) is 15.9 Å². The van der Waals surface area contributed by atoms with Crippen molar-refractivity contribution in [3.8, 4) is 0 Å². The van der Waals surface area contributed by atoms with Gasteiger partial charge in [0.2, 0.25) is 15.9 Å². The standard InChI is InChI=1S/C19H23N3O6S/c1-13(2)18(21-29(27,28)16-6-4-3-5-7-16)19(24)20-12-17(23)14-8-10-15(11-9-14)22(25)26/h3-11,13,17-18,21,23H,12H2,1-2H3,(H,20,24)/t17-,18+/m1/s1. The molecule has 2 aromatic carbocycles. The number of amides is 1.